The molecule has 3 heterocycles. The summed E-state index contributed by atoms with van der Waals surface area (Å²) in [6.07, 6.45) is 13.0. The molecule has 0 spiro atoms. The first-order chi connectivity index (χ1) is 50.1. The number of hydrogen-bond acceptors (Lipinski definition) is 25. The maximum absolute atomic E-state index is 12.8. The largest absolute Gasteiger partial charge is 0.495 e. The lowest BCUT2D eigenvalue weighted by atomic mass is 10.1. The molecule has 0 bridgehead atoms. The van der Waals surface area contributed by atoms with E-state index in [9.17, 15) is 28.6 Å². The second-order valence-corrected chi connectivity index (χ2v) is 35.7. The van der Waals surface area contributed by atoms with E-state index in [1.54, 1.807) is 84.5 Å². The highest BCUT2D eigenvalue weighted by Crippen LogP contribution is 2.43. The summed E-state index contributed by atoms with van der Waals surface area (Å²) in [5.74, 6) is 8.43. The van der Waals surface area contributed by atoms with Gasteiger partial charge in [0.15, 0.2) is 17.5 Å². The number of carbonyl (C=O) groups is 1. The Hall–Kier alpha value is -10.7. The molecule has 9 N–H and O–H groups in total. The van der Waals surface area contributed by atoms with Crippen LogP contribution in [0, 0.1) is 22.0 Å². The van der Waals surface area contributed by atoms with E-state index in [2.05, 4.69) is 85.5 Å². The van der Waals surface area contributed by atoms with Crippen molar-refractivity contribution in [2.75, 3.05) is 153 Å². The van der Waals surface area contributed by atoms with E-state index in [4.69, 9.17) is 54.7 Å². The molecule has 9 rings (SSSR count). The standard InChI is InChI=1S/C26H30ClN6O3P.C24H26ClN6O4P.C23H28ClN6O2P/c1-7-24(34)29-20-15-21(22(36-4)14-17(20)12-13-33(2)3)31-26-28-16-18(27)25(32-26)30-19-10-8-9-11-23(19)37(5,6)35;1-30(2)12-8-9-16-13-21(35-3)19(14-20(16)31(32)33)28-24-26-15-17(25)23(29-24)27-18-10-6-7-11-22(18)36(4,5)34;1-30(2)11-10-15-12-20(32-3)19(13-17(15)25)28-23-26-14-16(24)22(29-23)27-18-8-6-7-9-21(18)33(4,5)31/h7-16H,1H2,2-6H3,(H,29,34)(H2,28,30,31,32);6-7,10-11,13-15H,12H2,1-5H3,(H2,26,27,28,29);6-14H,25H2,1-5H3,(H2,26,27,28,29). The number of nitrogen functional groups attached to an aromatic ring is 1. The molecule has 33 heteroatoms. The lowest BCUT2D eigenvalue weighted by molar-refractivity contribution is -0.385. The van der Waals surface area contributed by atoms with Crippen LogP contribution in [0.2, 0.25) is 15.1 Å². The van der Waals surface area contributed by atoms with Gasteiger partial charge < -0.3 is 80.7 Å². The summed E-state index contributed by atoms with van der Waals surface area (Å²) < 4.78 is 54.7. The number of amides is 1. The molecule has 0 fully saturated rings. The Morgan fingerprint density at radius 2 is 0.915 bits per heavy atom. The van der Waals surface area contributed by atoms with Gasteiger partial charge in [-0.1, -0.05) is 89.6 Å². The Kier molecular flexibility index (Phi) is 29.1. The average molecular weight is 1560 g/mol. The molecule has 0 saturated carbocycles. The van der Waals surface area contributed by atoms with Gasteiger partial charge in [0.1, 0.15) is 59.3 Å². The van der Waals surface area contributed by atoms with Crippen molar-refractivity contribution in [3.63, 3.8) is 0 Å². The first-order valence-corrected chi connectivity index (χ1v) is 41.0. The lowest BCUT2D eigenvalue weighted by Gasteiger charge is -2.17. The Balaban J connectivity index is 0.000000222. The van der Waals surface area contributed by atoms with Crippen molar-refractivity contribution in [1.29, 1.82) is 0 Å². The zero-order valence-electron chi connectivity index (χ0n) is 61.1. The summed E-state index contributed by atoms with van der Waals surface area (Å²) in [6, 6.07) is 31.8. The number of nitro benzene ring substituents is 1. The van der Waals surface area contributed by atoms with Gasteiger partial charge in [-0.05, 0) is 145 Å². The summed E-state index contributed by atoms with van der Waals surface area (Å²) in [5.41, 5.74) is 12.3. The number of nitro groups is 1. The summed E-state index contributed by atoms with van der Waals surface area (Å²) in [6.45, 7) is 14.2. The monoisotopic (exact) mass is 1550 g/mol. The number of halogens is 3. The highest BCUT2D eigenvalue weighted by atomic mass is 35.5. The van der Waals surface area contributed by atoms with Gasteiger partial charge in [0.05, 0.1) is 91.2 Å². The average Bonchev–Trinajstić information content (AvgIpc) is 0.853. The Morgan fingerprint density at radius 3 is 1.28 bits per heavy atom. The number of methoxy groups -OCH3 is 3. The summed E-state index contributed by atoms with van der Waals surface area (Å²) in [5, 5.41) is 36.1. The van der Waals surface area contributed by atoms with Crippen molar-refractivity contribution in [3.8, 4) is 29.1 Å². The van der Waals surface area contributed by atoms with E-state index >= 15 is 0 Å². The van der Waals surface area contributed by atoms with Crippen molar-refractivity contribution >= 4 is 177 Å². The Morgan fingerprint density at radius 1 is 0.547 bits per heavy atom. The predicted molar refractivity (Wildman–Crippen MR) is 437 cm³/mol. The third-order valence-electron chi connectivity index (χ3n) is 14.6. The van der Waals surface area contributed by atoms with Crippen LogP contribution in [0.5, 0.6) is 17.2 Å². The number of benzene rings is 6. The number of rotatable bonds is 26. The van der Waals surface area contributed by atoms with Crippen LogP contribution in [0.3, 0.4) is 0 Å². The minimum Gasteiger partial charge on any atom is -0.495 e. The molecule has 1 amide bonds. The number of hydrogen-bond donors (Lipinski definition) is 8. The predicted octanol–water partition coefficient (Wildman–Crippen LogP) is 15.2. The molecule has 0 aliphatic heterocycles. The van der Waals surface area contributed by atoms with Gasteiger partial charge in [0, 0.05) is 73.1 Å². The number of anilines is 14. The van der Waals surface area contributed by atoms with Gasteiger partial charge in [-0.2, -0.15) is 15.0 Å². The van der Waals surface area contributed by atoms with Crippen LogP contribution < -0.4 is 73.1 Å². The van der Waals surface area contributed by atoms with Gasteiger partial charge in [0.2, 0.25) is 23.8 Å². The minimum atomic E-state index is -2.58. The van der Waals surface area contributed by atoms with Crippen LogP contribution in [0.4, 0.5) is 86.5 Å². The summed E-state index contributed by atoms with van der Waals surface area (Å²) >= 11 is 19.0. The first-order valence-electron chi connectivity index (χ1n) is 32.0. The number of nitrogens with one attached hydrogen (secondary N) is 7. The first kappa shape index (κ1) is 82.6. The highest BCUT2D eigenvalue weighted by Gasteiger charge is 2.24. The maximum Gasteiger partial charge on any atom is 0.287 e. The molecule has 0 atom stereocenters. The van der Waals surface area contributed by atoms with E-state index in [1.165, 1.54) is 43.9 Å². The smallest absolute Gasteiger partial charge is 0.287 e. The van der Waals surface area contributed by atoms with Crippen molar-refractivity contribution in [3.05, 3.63) is 195 Å². The molecule has 9 aromatic rings. The van der Waals surface area contributed by atoms with Gasteiger partial charge in [-0.25, -0.2) is 15.0 Å². The molecule has 0 saturated heterocycles. The van der Waals surface area contributed by atoms with Crippen LogP contribution in [0.1, 0.15) is 16.7 Å². The third kappa shape index (κ3) is 23.7. The van der Waals surface area contributed by atoms with Crippen molar-refractivity contribution in [1.82, 2.24) is 44.6 Å². The molecule has 6 aromatic carbocycles. The van der Waals surface area contributed by atoms with Gasteiger partial charge in [0.25, 0.3) is 5.69 Å². The fraction of sp³-hybridized carbons (Fsp3) is 0.219. The van der Waals surface area contributed by atoms with Gasteiger partial charge in [-0.3, -0.25) is 19.8 Å². The fourth-order valence-corrected chi connectivity index (χ4v) is 13.5. The number of para-hydroxylation sites is 3. The minimum absolute atomic E-state index is 0.120. The number of nitrogens with two attached hydrogens (primary N) is 1. The number of ether oxygens (including phenoxy) is 3. The van der Waals surface area contributed by atoms with E-state index in [1.807, 2.05) is 148 Å². The van der Waals surface area contributed by atoms with Gasteiger partial charge in [-0.15, -0.1) is 0 Å². The molecule has 27 nitrogen and oxygen atoms in total. The number of nitrogens with zero attached hydrogens (tertiary/aromatic N) is 10. The molecule has 106 heavy (non-hydrogen) atoms. The Bertz CT molecular complexity index is 4980. The topological polar surface area (TPSA) is 336 Å². The quantitative estimate of drug-likeness (QED) is 0.00623. The molecule has 556 valence electrons. The van der Waals surface area contributed by atoms with Crippen LogP contribution >= 0.6 is 56.2 Å². The summed E-state index contributed by atoms with van der Waals surface area (Å²) in [4.78, 5) is 55.1. The SMILES string of the molecule is C=CC(=O)Nc1cc(Nc2ncc(Cl)c(Nc3ccccc3P(C)(C)=O)n2)c(OC)cc1C=CN(C)C.COc1cc(C#CCN(C)C)c([N+](=O)[O-])cc1Nc1ncc(Cl)c(Nc2ccccc2P(C)(C)=O)n1.COc1cc(C=CN(C)C)c(N)cc1Nc1ncc(Cl)c(Nc2ccccc2P(C)(C)=O)n1. The van der Waals surface area contributed by atoms with Gasteiger partial charge >= 0.3 is 0 Å². The van der Waals surface area contributed by atoms with Crippen LogP contribution in [-0.4, -0.2) is 166 Å². The zero-order valence-corrected chi connectivity index (χ0v) is 66.1. The molecule has 0 aliphatic rings. The van der Waals surface area contributed by atoms with E-state index in [-0.39, 0.29) is 50.6 Å². The summed E-state index contributed by atoms with van der Waals surface area (Å²) in [7, 11) is 8.30. The molecular formula is C73H84Cl3N18O9P3. The molecule has 0 aliphatic carbocycles. The maximum atomic E-state index is 12.8. The van der Waals surface area contributed by atoms with E-state index in [0.717, 1.165) is 11.1 Å². The van der Waals surface area contributed by atoms with Crippen molar-refractivity contribution in [2.24, 2.45) is 0 Å². The number of carbonyl (C=O) groups excluding carboxylic acids is 1. The molecule has 3 aromatic heterocycles. The van der Waals surface area contributed by atoms with Crippen LogP contribution in [-0.2, 0) is 18.5 Å². The Labute approximate surface area is 632 Å². The lowest BCUT2D eigenvalue weighted by Crippen LogP contribution is -2.11. The second kappa shape index (κ2) is 37.3. The van der Waals surface area contributed by atoms with Crippen molar-refractivity contribution < 1.29 is 37.6 Å². The second-order valence-electron chi connectivity index (χ2n) is 25.0. The normalized spacial score (nSPS) is 11.2. The highest BCUT2D eigenvalue weighted by molar-refractivity contribution is 7.71. The molecule has 0 radical (unpaired) electrons. The molecular weight excluding hydrogens is 1470 g/mol. The molecule has 0 unspecified atom stereocenters. The van der Waals surface area contributed by atoms with Crippen LogP contribution in [0.25, 0.3) is 12.2 Å². The van der Waals surface area contributed by atoms with Crippen molar-refractivity contribution in [2.45, 2.75) is 0 Å². The van der Waals surface area contributed by atoms with E-state index in [0.29, 0.717) is 102 Å². The van der Waals surface area contributed by atoms with E-state index < -0.39 is 26.3 Å². The third-order valence-corrected chi connectivity index (χ3v) is 20.1. The fourth-order valence-electron chi connectivity index (χ4n) is 9.59. The zero-order chi connectivity index (χ0) is 77.8. The number of aromatic nitrogens is 6. The van der Waals surface area contributed by atoms with Crippen LogP contribution in [0.15, 0.2) is 153 Å².